The lowest BCUT2D eigenvalue weighted by Crippen LogP contribution is -2.43. The number of hydrogen-bond donors (Lipinski definition) is 4. The molecule has 1 rings (SSSR count). The number of nitrogens with zero attached hydrogens (tertiary/aromatic N) is 1. The molecule has 15 heavy (non-hydrogen) atoms. The molecule has 1 amide bonds. The average Bonchev–Trinajstić information content (AvgIpc) is 2.66. The second-order valence-corrected chi connectivity index (χ2v) is 2.98. The van der Waals surface area contributed by atoms with Crippen LogP contribution >= 0.6 is 0 Å². The highest BCUT2D eigenvalue weighted by molar-refractivity contribution is 5.85. The first-order chi connectivity index (χ1) is 7.09. The number of carbonyl (C=O) groups excluding carboxylic acids is 1. The van der Waals surface area contributed by atoms with Gasteiger partial charge in [-0.3, -0.25) is 9.59 Å². The number of carboxylic acids is 1. The number of carbonyl (C=O) groups is 2. The minimum atomic E-state index is -1.10. The lowest BCUT2D eigenvalue weighted by molar-refractivity contribution is -0.138. The maximum absolute atomic E-state index is 11.2. The van der Waals surface area contributed by atoms with Crippen LogP contribution in [0.25, 0.3) is 0 Å². The van der Waals surface area contributed by atoms with E-state index in [-0.39, 0.29) is 6.42 Å². The molecule has 7 nitrogen and oxygen atoms in total. The second kappa shape index (κ2) is 5.11. The summed E-state index contributed by atoms with van der Waals surface area (Å²) in [4.78, 5) is 28.0. The lowest BCUT2D eigenvalue weighted by atomic mass is 10.1. The normalized spacial score (nSPS) is 12.1. The molecule has 1 aromatic rings. The van der Waals surface area contributed by atoms with Gasteiger partial charge in [-0.05, 0) is 0 Å². The molecule has 7 heteroatoms. The first-order valence-electron chi connectivity index (χ1n) is 4.32. The van der Waals surface area contributed by atoms with Gasteiger partial charge in [0.1, 0.15) is 6.54 Å². The smallest absolute Gasteiger partial charge is 0.322 e. The molecule has 0 saturated heterocycles. The predicted molar refractivity (Wildman–Crippen MR) is 50.9 cm³/mol. The fourth-order valence-corrected chi connectivity index (χ4v) is 1.01. The second-order valence-electron chi connectivity index (χ2n) is 2.98. The van der Waals surface area contributed by atoms with Crippen molar-refractivity contribution < 1.29 is 14.7 Å². The van der Waals surface area contributed by atoms with Crippen molar-refractivity contribution >= 4 is 11.9 Å². The van der Waals surface area contributed by atoms with Crippen LogP contribution in [0.1, 0.15) is 5.69 Å². The van der Waals surface area contributed by atoms with Gasteiger partial charge in [0, 0.05) is 12.6 Å². The van der Waals surface area contributed by atoms with Gasteiger partial charge in [-0.25, -0.2) is 4.98 Å². The molecule has 0 bridgehead atoms. The Kier molecular flexibility index (Phi) is 3.81. The van der Waals surface area contributed by atoms with Crippen molar-refractivity contribution in [1.29, 1.82) is 0 Å². The molecule has 0 aliphatic rings. The molecule has 1 aromatic heterocycles. The third-order valence-corrected chi connectivity index (χ3v) is 1.73. The summed E-state index contributed by atoms with van der Waals surface area (Å²) in [5, 5.41) is 10.5. The first kappa shape index (κ1) is 11.2. The molecule has 0 fully saturated rings. The molecular weight excluding hydrogens is 200 g/mol. The monoisotopic (exact) mass is 212 g/mol. The van der Waals surface area contributed by atoms with E-state index in [0.29, 0.717) is 5.69 Å². The van der Waals surface area contributed by atoms with Crippen LogP contribution < -0.4 is 11.1 Å². The zero-order valence-corrected chi connectivity index (χ0v) is 7.93. The molecule has 0 aliphatic heterocycles. The molecular formula is C8H12N4O3. The van der Waals surface area contributed by atoms with Crippen molar-refractivity contribution in [2.45, 2.75) is 12.5 Å². The minimum absolute atomic E-state index is 0.273. The number of rotatable bonds is 5. The first-order valence-corrected chi connectivity index (χ1v) is 4.32. The van der Waals surface area contributed by atoms with Gasteiger partial charge < -0.3 is 21.1 Å². The standard InChI is InChI=1S/C8H12N4O3/c9-6(1-5-2-10-4-12-5)8(15)11-3-7(13)14/h2,4,6H,1,3,9H2,(H,10,12)(H,11,15)(H,13,14). The van der Waals surface area contributed by atoms with Crippen LogP contribution in [0.3, 0.4) is 0 Å². The Hall–Kier alpha value is -1.89. The van der Waals surface area contributed by atoms with E-state index in [1.807, 2.05) is 0 Å². The fourth-order valence-electron chi connectivity index (χ4n) is 1.01. The summed E-state index contributed by atoms with van der Waals surface area (Å²) < 4.78 is 0. The van der Waals surface area contributed by atoms with Crippen LogP contribution in [0.5, 0.6) is 0 Å². The number of aromatic nitrogens is 2. The van der Waals surface area contributed by atoms with Crippen molar-refractivity contribution in [1.82, 2.24) is 15.3 Å². The summed E-state index contributed by atoms with van der Waals surface area (Å²) in [5.41, 5.74) is 6.20. The highest BCUT2D eigenvalue weighted by Crippen LogP contribution is 1.95. The molecule has 0 spiro atoms. The SMILES string of the molecule is NC(Cc1c[nH]cn1)C(=O)NCC(=O)O. The van der Waals surface area contributed by atoms with Crippen LogP contribution in [-0.2, 0) is 16.0 Å². The Labute approximate surface area is 85.7 Å². The molecule has 5 N–H and O–H groups in total. The number of aliphatic carboxylic acids is 1. The van der Waals surface area contributed by atoms with Gasteiger partial charge >= 0.3 is 5.97 Å². The van der Waals surface area contributed by atoms with Crippen LogP contribution in [0, 0.1) is 0 Å². The van der Waals surface area contributed by atoms with E-state index < -0.39 is 24.5 Å². The Morgan fingerprint density at radius 1 is 1.67 bits per heavy atom. The topological polar surface area (TPSA) is 121 Å². The van der Waals surface area contributed by atoms with E-state index in [0.717, 1.165) is 0 Å². The maximum atomic E-state index is 11.2. The lowest BCUT2D eigenvalue weighted by Gasteiger charge is -2.09. The zero-order valence-electron chi connectivity index (χ0n) is 7.93. The largest absolute Gasteiger partial charge is 0.480 e. The fraction of sp³-hybridized carbons (Fsp3) is 0.375. The number of aromatic amines is 1. The number of nitrogens with one attached hydrogen (secondary N) is 2. The Morgan fingerprint density at radius 2 is 2.40 bits per heavy atom. The highest BCUT2D eigenvalue weighted by atomic mass is 16.4. The van der Waals surface area contributed by atoms with E-state index in [2.05, 4.69) is 15.3 Å². The van der Waals surface area contributed by atoms with Crippen molar-refractivity contribution in [3.8, 4) is 0 Å². The summed E-state index contributed by atoms with van der Waals surface area (Å²) in [6.07, 6.45) is 3.39. The van der Waals surface area contributed by atoms with Gasteiger partial charge in [0.05, 0.1) is 18.1 Å². The van der Waals surface area contributed by atoms with Gasteiger partial charge in [0.15, 0.2) is 0 Å². The van der Waals surface area contributed by atoms with Gasteiger partial charge in [-0.15, -0.1) is 0 Å². The average molecular weight is 212 g/mol. The minimum Gasteiger partial charge on any atom is -0.480 e. The molecule has 0 saturated carbocycles. The van der Waals surface area contributed by atoms with Crippen molar-refractivity contribution in [3.05, 3.63) is 18.2 Å². The quantitative estimate of drug-likeness (QED) is 0.472. The molecule has 0 aromatic carbocycles. The molecule has 0 aliphatic carbocycles. The number of H-pyrrole nitrogens is 1. The Morgan fingerprint density at radius 3 is 2.93 bits per heavy atom. The highest BCUT2D eigenvalue weighted by Gasteiger charge is 2.15. The Bertz CT molecular complexity index is 336. The summed E-state index contributed by atoms with van der Waals surface area (Å²) in [7, 11) is 0. The maximum Gasteiger partial charge on any atom is 0.322 e. The van der Waals surface area contributed by atoms with Gasteiger partial charge in [0.2, 0.25) is 5.91 Å². The Balaban J connectivity index is 2.36. The zero-order chi connectivity index (χ0) is 11.3. The third-order valence-electron chi connectivity index (χ3n) is 1.73. The summed E-state index contributed by atoms with van der Waals surface area (Å²) in [5.74, 6) is -1.60. The number of amides is 1. The third kappa shape index (κ3) is 3.77. The number of nitrogens with two attached hydrogens (primary N) is 1. The van der Waals surface area contributed by atoms with Gasteiger partial charge in [-0.2, -0.15) is 0 Å². The van der Waals surface area contributed by atoms with Crippen molar-refractivity contribution in [3.63, 3.8) is 0 Å². The molecule has 1 atom stereocenters. The molecule has 0 radical (unpaired) electrons. The van der Waals surface area contributed by atoms with E-state index >= 15 is 0 Å². The van der Waals surface area contributed by atoms with Crippen LogP contribution in [0.4, 0.5) is 0 Å². The van der Waals surface area contributed by atoms with Crippen LogP contribution in [0.15, 0.2) is 12.5 Å². The van der Waals surface area contributed by atoms with Crippen LogP contribution in [0.2, 0.25) is 0 Å². The predicted octanol–water partition coefficient (Wildman–Crippen LogP) is -1.52. The summed E-state index contributed by atoms with van der Waals surface area (Å²) in [6, 6.07) is -0.785. The number of carboxylic acid groups (broad SMARTS) is 1. The van der Waals surface area contributed by atoms with Gasteiger partial charge in [-0.1, -0.05) is 0 Å². The number of hydrogen-bond acceptors (Lipinski definition) is 4. The molecule has 82 valence electrons. The van der Waals surface area contributed by atoms with Gasteiger partial charge in [0.25, 0.3) is 0 Å². The number of imidazole rings is 1. The molecule has 1 heterocycles. The summed E-state index contributed by atoms with van der Waals surface area (Å²) in [6.45, 7) is -0.424. The van der Waals surface area contributed by atoms with E-state index in [1.54, 1.807) is 6.20 Å². The van der Waals surface area contributed by atoms with Crippen LogP contribution in [-0.4, -0.2) is 39.5 Å². The van der Waals surface area contributed by atoms with E-state index in [4.69, 9.17) is 10.8 Å². The van der Waals surface area contributed by atoms with E-state index in [1.165, 1.54) is 6.33 Å². The molecule has 1 unspecified atom stereocenters. The van der Waals surface area contributed by atoms with Crippen molar-refractivity contribution in [2.75, 3.05) is 6.54 Å². The van der Waals surface area contributed by atoms with Crippen molar-refractivity contribution in [2.24, 2.45) is 5.73 Å². The summed E-state index contributed by atoms with van der Waals surface area (Å²) >= 11 is 0. The van der Waals surface area contributed by atoms with E-state index in [9.17, 15) is 9.59 Å².